The first-order valence-corrected chi connectivity index (χ1v) is 13.3. The summed E-state index contributed by atoms with van der Waals surface area (Å²) in [5, 5.41) is 13.9. The normalized spacial score (nSPS) is 11.2. The highest BCUT2D eigenvalue weighted by atomic mass is 35.5. The summed E-state index contributed by atoms with van der Waals surface area (Å²) in [6.45, 7) is -0.00709. The summed E-state index contributed by atoms with van der Waals surface area (Å²) in [5.41, 5.74) is -0.109. The van der Waals surface area contributed by atoms with Crippen LogP contribution in [0.15, 0.2) is 71.9 Å². The lowest BCUT2D eigenvalue weighted by molar-refractivity contribution is -0.137. The highest BCUT2D eigenvalue weighted by Gasteiger charge is 2.31. The number of hydrogen-bond donors (Lipinski definition) is 2. The second-order valence-corrected chi connectivity index (χ2v) is 9.73. The smallest absolute Gasteiger partial charge is 0.416 e. The fraction of sp³-hybridized carbons (Fsp3) is 0.185. The summed E-state index contributed by atoms with van der Waals surface area (Å²) in [5.74, 6) is 0.0731. The Labute approximate surface area is 242 Å². The van der Waals surface area contributed by atoms with Crippen LogP contribution < -0.4 is 20.1 Å². The maximum atomic E-state index is 13.1. The molecule has 0 saturated heterocycles. The van der Waals surface area contributed by atoms with Crippen LogP contribution in [-0.4, -0.2) is 46.6 Å². The summed E-state index contributed by atoms with van der Waals surface area (Å²) < 4.78 is 51.3. The molecule has 4 rings (SSSR count). The number of para-hydroxylation sites is 1. The summed E-state index contributed by atoms with van der Waals surface area (Å²) in [6, 6.07) is 16.5. The van der Waals surface area contributed by atoms with Gasteiger partial charge in [0.2, 0.25) is 5.91 Å². The lowest BCUT2D eigenvalue weighted by atomic mass is 10.2. The first-order valence-electron chi connectivity index (χ1n) is 11.9. The van der Waals surface area contributed by atoms with Crippen LogP contribution in [0.1, 0.15) is 21.7 Å². The number of thioether (sulfide) groups is 1. The van der Waals surface area contributed by atoms with Gasteiger partial charge in [0.15, 0.2) is 11.0 Å². The quantitative estimate of drug-likeness (QED) is 0.226. The van der Waals surface area contributed by atoms with E-state index < -0.39 is 23.6 Å². The number of carbonyl (C=O) groups excluding carboxylic acids is 2. The van der Waals surface area contributed by atoms with E-state index in [2.05, 4.69) is 20.8 Å². The predicted molar refractivity (Wildman–Crippen MR) is 148 cm³/mol. The van der Waals surface area contributed by atoms with Gasteiger partial charge < -0.3 is 20.1 Å². The molecule has 0 spiro atoms. The van der Waals surface area contributed by atoms with Crippen molar-refractivity contribution in [1.82, 2.24) is 20.1 Å². The Morgan fingerprint density at radius 3 is 2.29 bits per heavy atom. The molecule has 1 aromatic heterocycles. The van der Waals surface area contributed by atoms with Gasteiger partial charge in [-0.15, -0.1) is 10.2 Å². The Kier molecular flexibility index (Phi) is 9.40. The van der Waals surface area contributed by atoms with Gasteiger partial charge in [0.05, 0.1) is 42.8 Å². The number of hydrogen-bond acceptors (Lipinski definition) is 7. The first kappa shape index (κ1) is 29.7. The lowest BCUT2D eigenvalue weighted by Gasteiger charge is -2.13. The maximum absolute atomic E-state index is 13.1. The van der Waals surface area contributed by atoms with E-state index in [0.29, 0.717) is 33.7 Å². The standard InChI is InChI=1S/C27H23ClF3N5O4S/c1-39-19-10-16(11-20(13-19)40-2)25(38)32-14-23-34-35-26(36(23)18-6-4-3-5-7-18)41-15-24(37)33-22-12-17(27(29,30)31)8-9-21(22)28/h3-13H,14-15H2,1-2H3,(H,32,38)(H,33,37). The number of nitrogens with zero attached hydrogens (tertiary/aromatic N) is 3. The zero-order chi connectivity index (χ0) is 29.6. The summed E-state index contributed by atoms with van der Waals surface area (Å²) in [6.07, 6.45) is -4.59. The molecule has 0 atom stereocenters. The van der Waals surface area contributed by atoms with Crippen molar-refractivity contribution in [3.05, 3.63) is 88.7 Å². The Morgan fingerprint density at radius 1 is 0.976 bits per heavy atom. The molecule has 0 fully saturated rings. The number of nitrogens with one attached hydrogen (secondary N) is 2. The van der Waals surface area contributed by atoms with Gasteiger partial charge in [-0.3, -0.25) is 14.2 Å². The topological polar surface area (TPSA) is 107 Å². The van der Waals surface area contributed by atoms with Gasteiger partial charge in [0.1, 0.15) is 11.5 Å². The predicted octanol–water partition coefficient (Wildman–Crippen LogP) is 5.62. The number of alkyl halides is 3. The van der Waals surface area contributed by atoms with Gasteiger partial charge >= 0.3 is 6.18 Å². The maximum Gasteiger partial charge on any atom is 0.416 e. The van der Waals surface area contributed by atoms with E-state index in [1.54, 1.807) is 47.0 Å². The fourth-order valence-electron chi connectivity index (χ4n) is 3.66. The molecule has 41 heavy (non-hydrogen) atoms. The van der Waals surface area contributed by atoms with E-state index in [9.17, 15) is 22.8 Å². The average molecular weight is 606 g/mol. The fourth-order valence-corrected chi connectivity index (χ4v) is 4.59. The van der Waals surface area contributed by atoms with E-state index in [4.69, 9.17) is 21.1 Å². The van der Waals surface area contributed by atoms with Crippen molar-refractivity contribution in [3.63, 3.8) is 0 Å². The van der Waals surface area contributed by atoms with Crippen molar-refractivity contribution in [2.75, 3.05) is 25.3 Å². The molecule has 9 nitrogen and oxygen atoms in total. The number of halogens is 4. The van der Waals surface area contributed by atoms with E-state index in [1.807, 2.05) is 6.07 Å². The number of anilines is 1. The molecule has 0 aliphatic rings. The van der Waals surface area contributed by atoms with Crippen LogP contribution in [0.4, 0.5) is 18.9 Å². The minimum Gasteiger partial charge on any atom is -0.497 e. The third-order valence-corrected chi connectivity index (χ3v) is 6.89. The Bertz CT molecular complexity index is 1530. The number of methoxy groups -OCH3 is 2. The molecule has 0 aliphatic carbocycles. The minimum absolute atomic E-state index is 0.00709. The van der Waals surface area contributed by atoms with Crippen LogP contribution in [-0.2, 0) is 17.5 Å². The molecule has 1 heterocycles. The van der Waals surface area contributed by atoms with E-state index in [-0.39, 0.29) is 23.0 Å². The third kappa shape index (κ3) is 7.50. The Morgan fingerprint density at radius 2 is 1.66 bits per heavy atom. The van der Waals surface area contributed by atoms with Crippen LogP contribution in [0.3, 0.4) is 0 Å². The second kappa shape index (κ2) is 13.0. The molecule has 0 saturated carbocycles. The highest BCUT2D eigenvalue weighted by molar-refractivity contribution is 7.99. The third-order valence-electron chi connectivity index (χ3n) is 5.64. The molecule has 14 heteroatoms. The molecule has 2 N–H and O–H groups in total. The van der Waals surface area contributed by atoms with Crippen LogP contribution in [0, 0.1) is 0 Å². The van der Waals surface area contributed by atoms with Crippen LogP contribution in [0.25, 0.3) is 5.69 Å². The molecule has 214 valence electrons. The molecule has 3 aromatic carbocycles. The van der Waals surface area contributed by atoms with Gasteiger partial charge in [0, 0.05) is 17.3 Å². The molecule has 0 aliphatic heterocycles. The van der Waals surface area contributed by atoms with E-state index in [1.165, 1.54) is 14.2 Å². The van der Waals surface area contributed by atoms with Crippen molar-refractivity contribution in [1.29, 1.82) is 0 Å². The van der Waals surface area contributed by atoms with Crippen molar-refractivity contribution < 1.29 is 32.2 Å². The number of aromatic nitrogens is 3. The molecular weight excluding hydrogens is 583 g/mol. The lowest BCUT2D eigenvalue weighted by Crippen LogP contribution is -2.24. The van der Waals surface area contributed by atoms with E-state index in [0.717, 1.165) is 30.0 Å². The van der Waals surface area contributed by atoms with Crippen LogP contribution in [0.2, 0.25) is 5.02 Å². The number of ether oxygens (including phenoxy) is 2. The number of rotatable bonds is 10. The molecule has 0 unspecified atom stereocenters. The van der Waals surface area contributed by atoms with E-state index >= 15 is 0 Å². The summed E-state index contributed by atoms with van der Waals surface area (Å²) in [4.78, 5) is 25.5. The van der Waals surface area contributed by atoms with Crippen molar-refractivity contribution >= 4 is 40.9 Å². The molecule has 2 amide bonds. The highest BCUT2D eigenvalue weighted by Crippen LogP contribution is 2.34. The van der Waals surface area contributed by atoms with Crippen molar-refractivity contribution in [2.45, 2.75) is 17.9 Å². The number of amides is 2. The monoisotopic (exact) mass is 605 g/mol. The number of benzene rings is 3. The van der Waals surface area contributed by atoms with Crippen molar-refractivity contribution in [2.24, 2.45) is 0 Å². The Hall–Kier alpha value is -4.23. The first-order chi connectivity index (χ1) is 19.6. The second-order valence-electron chi connectivity index (χ2n) is 8.38. The molecular formula is C27H23ClF3N5O4S. The summed E-state index contributed by atoms with van der Waals surface area (Å²) >= 11 is 7.00. The van der Waals surface area contributed by atoms with Gasteiger partial charge in [-0.1, -0.05) is 41.6 Å². The minimum atomic E-state index is -4.59. The zero-order valence-corrected chi connectivity index (χ0v) is 23.2. The zero-order valence-electron chi connectivity index (χ0n) is 21.7. The number of carbonyl (C=O) groups is 2. The van der Waals surface area contributed by atoms with Crippen LogP contribution >= 0.6 is 23.4 Å². The van der Waals surface area contributed by atoms with Gasteiger partial charge in [0.25, 0.3) is 5.91 Å². The SMILES string of the molecule is COc1cc(OC)cc(C(=O)NCc2nnc(SCC(=O)Nc3cc(C(F)(F)F)ccc3Cl)n2-c2ccccc2)c1. The van der Waals surface area contributed by atoms with Crippen molar-refractivity contribution in [3.8, 4) is 17.2 Å². The average Bonchev–Trinajstić information content (AvgIpc) is 3.38. The molecule has 4 aromatic rings. The van der Waals surface area contributed by atoms with Gasteiger partial charge in [-0.2, -0.15) is 13.2 Å². The van der Waals surface area contributed by atoms with Gasteiger partial charge in [-0.25, -0.2) is 0 Å². The molecule has 0 radical (unpaired) electrons. The molecule has 0 bridgehead atoms. The Balaban J connectivity index is 1.50. The largest absolute Gasteiger partial charge is 0.497 e. The summed E-state index contributed by atoms with van der Waals surface area (Å²) in [7, 11) is 2.96. The van der Waals surface area contributed by atoms with Gasteiger partial charge in [-0.05, 0) is 42.5 Å². The van der Waals surface area contributed by atoms with Crippen LogP contribution in [0.5, 0.6) is 11.5 Å².